The molecule has 9 heteroatoms. The number of thioether (sulfide) groups is 1. The third-order valence-corrected chi connectivity index (χ3v) is 7.00. The number of anilines is 1. The number of amides is 1. The molecule has 5 rings (SSSR count). The highest BCUT2D eigenvalue weighted by molar-refractivity contribution is 8.13. The highest BCUT2D eigenvalue weighted by Crippen LogP contribution is 2.35. The zero-order valence-electron chi connectivity index (χ0n) is 19.9. The van der Waals surface area contributed by atoms with Gasteiger partial charge < -0.3 is 13.9 Å². The van der Waals surface area contributed by atoms with Crippen LogP contribution >= 0.6 is 23.4 Å². The van der Waals surface area contributed by atoms with Crippen LogP contribution in [0.15, 0.2) is 77.7 Å². The zero-order chi connectivity index (χ0) is 25.2. The van der Waals surface area contributed by atoms with Gasteiger partial charge >= 0.3 is 0 Å². The first-order chi connectivity index (χ1) is 17.5. The number of methoxy groups -OCH3 is 2. The molecule has 0 fully saturated rings. The second-order valence-corrected chi connectivity index (χ2v) is 9.45. The van der Waals surface area contributed by atoms with Crippen LogP contribution < -0.4 is 14.4 Å². The lowest BCUT2D eigenvalue weighted by atomic mass is 10.2. The predicted molar refractivity (Wildman–Crippen MR) is 145 cm³/mol. The Morgan fingerprint density at radius 3 is 2.61 bits per heavy atom. The normalized spacial score (nSPS) is 14.6. The molecule has 0 N–H and O–H groups in total. The SMILES string of the molecule is COc1ccc(/C=C2\N=C(SCc3cn4cccc(C)c4n3)N(c3ccc(Cl)c(OC)c3)C2=O)cc1. The number of pyridine rings is 1. The molecule has 0 spiro atoms. The van der Waals surface area contributed by atoms with E-state index in [2.05, 4.69) is 0 Å². The summed E-state index contributed by atoms with van der Waals surface area (Å²) in [6, 6.07) is 16.7. The van der Waals surface area contributed by atoms with E-state index in [1.807, 2.05) is 60.1 Å². The molecule has 0 unspecified atom stereocenters. The molecular formula is C27H23ClN4O3S. The van der Waals surface area contributed by atoms with Gasteiger partial charge in [0.15, 0.2) is 5.17 Å². The summed E-state index contributed by atoms with van der Waals surface area (Å²) < 4.78 is 12.6. The van der Waals surface area contributed by atoms with Gasteiger partial charge in [0, 0.05) is 24.2 Å². The summed E-state index contributed by atoms with van der Waals surface area (Å²) >= 11 is 7.68. The molecule has 1 amide bonds. The van der Waals surface area contributed by atoms with Crippen LogP contribution in [-0.4, -0.2) is 34.7 Å². The molecule has 7 nitrogen and oxygen atoms in total. The summed E-state index contributed by atoms with van der Waals surface area (Å²) in [5, 5.41) is 1.02. The first-order valence-electron chi connectivity index (χ1n) is 11.2. The van der Waals surface area contributed by atoms with Crippen molar-refractivity contribution in [1.82, 2.24) is 9.38 Å². The minimum absolute atomic E-state index is 0.233. The number of aliphatic imine (C=N–C) groups is 1. The Kier molecular flexibility index (Phi) is 6.71. The number of ether oxygens (including phenoxy) is 2. The van der Waals surface area contributed by atoms with Crippen molar-refractivity contribution in [3.63, 3.8) is 0 Å². The van der Waals surface area contributed by atoms with Crippen molar-refractivity contribution >= 4 is 51.8 Å². The Hall–Kier alpha value is -3.75. The molecule has 36 heavy (non-hydrogen) atoms. The Balaban J connectivity index is 1.49. The molecule has 0 aliphatic carbocycles. The molecule has 0 bridgehead atoms. The second-order valence-electron chi connectivity index (χ2n) is 8.10. The van der Waals surface area contributed by atoms with Gasteiger partial charge in [-0.1, -0.05) is 41.6 Å². The predicted octanol–water partition coefficient (Wildman–Crippen LogP) is 5.99. The van der Waals surface area contributed by atoms with Crippen molar-refractivity contribution in [2.24, 2.45) is 4.99 Å². The lowest BCUT2D eigenvalue weighted by Gasteiger charge is -2.18. The maximum atomic E-state index is 13.5. The Bertz CT molecular complexity index is 1510. The van der Waals surface area contributed by atoms with Crippen molar-refractivity contribution in [2.75, 3.05) is 19.1 Å². The van der Waals surface area contributed by atoms with Gasteiger partial charge in [0.25, 0.3) is 5.91 Å². The average molecular weight is 519 g/mol. The molecule has 4 aromatic rings. The van der Waals surface area contributed by atoms with Gasteiger partial charge in [0.1, 0.15) is 22.8 Å². The number of amidine groups is 1. The molecule has 2 aromatic heterocycles. The standard InChI is InChI=1S/C27H23ClN4O3S/c1-17-5-4-12-31-15-19(29-25(17)31)16-36-27-30-23(13-18-6-9-21(34-2)10-7-18)26(33)32(27)20-8-11-22(28)24(14-20)35-3/h4-15H,16H2,1-3H3/b23-13-. The Morgan fingerprint density at radius 2 is 1.89 bits per heavy atom. The number of rotatable bonds is 6. The van der Waals surface area contributed by atoms with Crippen LogP contribution in [0.5, 0.6) is 11.5 Å². The van der Waals surface area contributed by atoms with Crippen LogP contribution in [0.1, 0.15) is 16.8 Å². The van der Waals surface area contributed by atoms with Gasteiger partial charge in [-0.05, 0) is 54.5 Å². The fourth-order valence-electron chi connectivity index (χ4n) is 3.88. The molecule has 2 aromatic carbocycles. The van der Waals surface area contributed by atoms with Crippen LogP contribution in [-0.2, 0) is 10.5 Å². The molecule has 0 saturated heterocycles. The van der Waals surface area contributed by atoms with Crippen LogP contribution in [0.4, 0.5) is 5.69 Å². The van der Waals surface area contributed by atoms with E-state index in [1.165, 1.54) is 11.8 Å². The topological polar surface area (TPSA) is 68.4 Å². The van der Waals surface area contributed by atoms with Crippen LogP contribution in [0.3, 0.4) is 0 Å². The number of nitrogens with zero attached hydrogens (tertiary/aromatic N) is 4. The van der Waals surface area contributed by atoms with Crippen molar-refractivity contribution < 1.29 is 14.3 Å². The summed E-state index contributed by atoms with van der Waals surface area (Å²) in [5.41, 5.74) is 4.71. The molecular weight excluding hydrogens is 496 g/mol. The van der Waals surface area contributed by atoms with Gasteiger partial charge in [0.05, 0.1) is 30.6 Å². The van der Waals surface area contributed by atoms with Gasteiger partial charge in [0.2, 0.25) is 0 Å². The van der Waals surface area contributed by atoms with Crippen LogP contribution in [0.25, 0.3) is 11.7 Å². The van der Waals surface area contributed by atoms with Gasteiger partial charge in [-0.15, -0.1) is 0 Å². The minimum Gasteiger partial charge on any atom is -0.497 e. The van der Waals surface area contributed by atoms with Gasteiger partial charge in [-0.3, -0.25) is 9.69 Å². The molecule has 1 aliphatic heterocycles. The number of carbonyl (C=O) groups excluding carboxylic acids is 1. The third-order valence-electron chi connectivity index (χ3n) is 5.72. The van der Waals surface area contributed by atoms with Crippen LogP contribution in [0, 0.1) is 6.92 Å². The average Bonchev–Trinajstić information content (AvgIpc) is 3.45. The highest BCUT2D eigenvalue weighted by atomic mass is 35.5. The number of aromatic nitrogens is 2. The monoisotopic (exact) mass is 518 g/mol. The summed E-state index contributed by atoms with van der Waals surface area (Å²) in [7, 11) is 3.16. The fourth-order valence-corrected chi connectivity index (χ4v) is 4.97. The van der Waals surface area contributed by atoms with E-state index in [0.717, 1.165) is 28.2 Å². The van der Waals surface area contributed by atoms with Crippen LogP contribution in [0.2, 0.25) is 5.02 Å². The molecule has 1 aliphatic rings. The zero-order valence-corrected chi connectivity index (χ0v) is 21.5. The first kappa shape index (κ1) is 24.0. The van der Waals surface area contributed by atoms with E-state index < -0.39 is 0 Å². The maximum absolute atomic E-state index is 13.5. The van der Waals surface area contributed by atoms with Crippen molar-refractivity contribution in [1.29, 1.82) is 0 Å². The van der Waals surface area contributed by atoms with Gasteiger partial charge in [-0.2, -0.15) is 0 Å². The molecule has 0 saturated carbocycles. The van der Waals surface area contributed by atoms with Crippen molar-refractivity contribution in [3.8, 4) is 11.5 Å². The lowest BCUT2D eigenvalue weighted by Crippen LogP contribution is -2.30. The lowest BCUT2D eigenvalue weighted by molar-refractivity contribution is -0.113. The van der Waals surface area contributed by atoms with Crippen molar-refractivity contribution in [2.45, 2.75) is 12.7 Å². The van der Waals surface area contributed by atoms with E-state index in [1.54, 1.807) is 43.4 Å². The number of imidazole rings is 1. The number of carbonyl (C=O) groups is 1. The second kappa shape index (κ2) is 10.1. The number of hydrogen-bond acceptors (Lipinski definition) is 6. The van der Waals surface area contributed by atoms with E-state index >= 15 is 0 Å². The van der Waals surface area contributed by atoms with E-state index in [-0.39, 0.29) is 5.91 Å². The van der Waals surface area contributed by atoms with E-state index in [4.69, 9.17) is 31.1 Å². The third kappa shape index (κ3) is 4.69. The van der Waals surface area contributed by atoms with Gasteiger partial charge in [-0.25, -0.2) is 9.98 Å². The number of benzene rings is 2. The molecule has 0 atom stereocenters. The summed E-state index contributed by atoms with van der Waals surface area (Å²) in [4.78, 5) is 24.6. The molecule has 3 heterocycles. The fraction of sp³-hybridized carbons (Fsp3) is 0.148. The molecule has 0 radical (unpaired) electrons. The highest BCUT2D eigenvalue weighted by Gasteiger charge is 2.32. The van der Waals surface area contributed by atoms with Crippen molar-refractivity contribution in [3.05, 3.63) is 94.5 Å². The van der Waals surface area contributed by atoms with E-state index in [0.29, 0.717) is 33.1 Å². The van der Waals surface area contributed by atoms with E-state index in [9.17, 15) is 4.79 Å². The number of halogens is 1. The summed E-state index contributed by atoms with van der Waals surface area (Å²) in [6.07, 6.45) is 5.74. The summed E-state index contributed by atoms with van der Waals surface area (Å²) in [6.45, 7) is 2.03. The quantitative estimate of drug-likeness (QED) is 0.293. The Labute approximate surface area is 218 Å². The molecule has 182 valence electrons. The number of aryl methyl sites for hydroxylation is 1. The number of hydrogen-bond donors (Lipinski definition) is 0. The largest absolute Gasteiger partial charge is 0.497 e. The smallest absolute Gasteiger partial charge is 0.283 e. The first-order valence-corrected chi connectivity index (χ1v) is 12.5. The number of fused-ring (bicyclic) bond motifs is 1. The summed E-state index contributed by atoms with van der Waals surface area (Å²) in [5.74, 6) is 1.54. The maximum Gasteiger partial charge on any atom is 0.283 e. The Morgan fingerprint density at radius 1 is 1.08 bits per heavy atom. The minimum atomic E-state index is -0.233.